The van der Waals surface area contributed by atoms with Gasteiger partial charge < -0.3 is 10.2 Å². The molecule has 1 unspecified atom stereocenters. The van der Waals surface area contributed by atoms with Gasteiger partial charge in [-0.2, -0.15) is 0 Å². The predicted molar refractivity (Wildman–Crippen MR) is 128 cm³/mol. The maximum absolute atomic E-state index is 13.0. The Morgan fingerprint density at radius 3 is 2.73 bits per heavy atom. The minimum Gasteiger partial charge on any atom is -0.314 e. The van der Waals surface area contributed by atoms with Crippen molar-refractivity contribution < 1.29 is 9.59 Å². The molecular formula is C26H23N5O2. The molecule has 2 aliphatic rings. The second-order valence-electron chi connectivity index (χ2n) is 8.00. The first-order valence-corrected chi connectivity index (χ1v) is 11.0. The van der Waals surface area contributed by atoms with Gasteiger partial charge >= 0.3 is 0 Å². The van der Waals surface area contributed by atoms with E-state index in [4.69, 9.17) is 0 Å². The number of aliphatic imine (C=N–C) groups is 2. The van der Waals surface area contributed by atoms with Gasteiger partial charge in [-0.3, -0.25) is 14.6 Å². The van der Waals surface area contributed by atoms with Gasteiger partial charge in [0, 0.05) is 53.7 Å². The van der Waals surface area contributed by atoms with Crippen LogP contribution in [-0.4, -0.2) is 46.5 Å². The Bertz CT molecular complexity index is 1320. The normalized spacial score (nSPS) is 17.2. The zero-order chi connectivity index (χ0) is 22.8. The van der Waals surface area contributed by atoms with Crippen molar-refractivity contribution >= 4 is 34.6 Å². The van der Waals surface area contributed by atoms with Crippen molar-refractivity contribution in [2.24, 2.45) is 9.98 Å². The maximum Gasteiger partial charge on any atom is 0.257 e. The van der Waals surface area contributed by atoms with Gasteiger partial charge in [0.1, 0.15) is 0 Å². The lowest BCUT2D eigenvalue weighted by molar-refractivity contribution is 0.0823. The number of rotatable bonds is 4. The van der Waals surface area contributed by atoms with E-state index in [1.165, 1.54) is 5.56 Å². The Morgan fingerprint density at radius 2 is 1.91 bits per heavy atom. The predicted octanol–water partition coefficient (Wildman–Crippen LogP) is 3.77. The number of hydrogen-bond acceptors (Lipinski definition) is 5. The largest absolute Gasteiger partial charge is 0.314 e. The van der Waals surface area contributed by atoms with E-state index in [0.717, 1.165) is 28.6 Å². The third-order valence-corrected chi connectivity index (χ3v) is 5.85. The number of hydrogen-bond donors (Lipinski definition) is 1. The zero-order valence-corrected chi connectivity index (χ0v) is 18.2. The molecule has 0 spiro atoms. The average Bonchev–Trinajstić information content (AvgIpc) is 2.87. The lowest BCUT2D eigenvalue weighted by atomic mass is 10.0. The SMILES string of the molecule is CCc1ccc(C(=O)NC2N=CC3=CN(C(=O)c4ccc5ncccc5c4)CCC3=N2)cc1. The van der Waals surface area contributed by atoms with Crippen molar-refractivity contribution in [2.75, 3.05) is 6.54 Å². The number of pyridine rings is 1. The molecule has 7 nitrogen and oxygen atoms in total. The topological polar surface area (TPSA) is 87.0 Å². The molecule has 0 saturated heterocycles. The third kappa shape index (κ3) is 4.30. The summed E-state index contributed by atoms with van der Waals surface area (Å²) in [5, 5.41) is 3.77. The second kappa shape index (κ2) is 8.78. The van der Waals surface area contributed by atoms with Gasteiger partial charge in [0.25, 0.3) is 11.8 Å². The molecule has 1 N–H and O–H groups in total. The van der Waals surface area contributed by atoms with E-state index in [2.05, 4.69) is 27.2 Å². The van der Waals surface area contributed by atoms with E-state index in [1.54, 1.807) is 29.6 Å². The number of fused-ring (bicyclic) bond motifs is 2. The lowest BCUT2D eigenvalue weighted by Crippen LogP contribution is -2.38. The molecule has 0 saturated carbocycles. The minimum atomic E-state index is -0.661. The van der Waals surface area contributed by atoms with Crippen LogP contribution in [0.2, 0.25) is 0 Å². The van der Waals surface area contributed by atoms with E-state index in [1.807, 2.05) is 48.5 Å². The first-order chi connectivity index (χ1) is 16.1. The smallest absolute Gasteiger partial charge is 0.257 e. The summed E-state index contributed by atoms with van der Waals surface area (Å²) >= 11 is 0. The van der Waals surface area contributed by atoms with Gasteiger partial charge in [-0.15, -0.1) is 0 Å². The highest BCUT2D eigenvalue weighted by Crippen LogP contribution is 2.20. The van der Waals surface area contributed by atoms with Crippen LogP contribution in [-0.2, 0) is 6.42 Å². The average molecular weight is 438 g/mol. The van der Waals surface area contributed by atoms with E-state index >= 15 is 0 Å². The number of nitrogens with one attached hydrogen (secondary N) is 1. The van der Waals surface area contributed by atoms with Gasteiger partial charge in [-0.25, -0.2) is 9.98 Å². The van der Waals surface area contributed by atoms with E-state index in [9.17, 15) is 9.59 Å². The standard InChI is InChI=1S/C26H23N5O2/c1-2-17-5-7-18(8-6-17)24(32)30-26-28-15-21-16-31(13-11-23(21)29-26)25(33)20-9-10-22-19(14-20)4-3-12-27-22/h3-10,12,14-16,26H,2,11,13H2,1H3,(H,30,32). The Labute approximate surface area is 191 Å². The number of aryl methyl sites for hydroxylation is 1. The van der Waals surface area contributed by atoms with Crippen molar-refractivity contribution in [1.29, 1.82) is 0 Å². The van der Waals surface area contributed by atoms with Gasteiger partial charge in [0.05, 0.1) is 11.2 Å². The van der Waals surface area contributed by atoms with Crippen molar-refractivity contribution in [2.45, 2.75) is 26.1 Å². The quantitative estimate of drug-likeness (QED) is 0.674. The molecule has 0 fully saturated rings. The van der Waals surface area contributed by atoms with E-state index in [0.29, 0.717) is 24.1 Å². The Balaban J connectivity index is 1.28. The molecule has 2 amide bonds. The second-order valence-corrected chi connectivity index (χ2v) is 8.00. The summed E-state index contributed by atoms with van der Waals surface area (Å²) in [6.07, 6.45) is 6.05. The molecule has 7 heteroatoms. The molecule has 0 bridgehead atoms. The van der Waals surface area contributed by atoms with Crippen LogP contribution in [0.15, 0.2) is 82.6 Å². The van der Waals surface area contributed by atoms with Gasteiger partial charge in [-0.05, 0) is 48.4 Å². The summed E-state index contributed by atoms with van der Waals surface area (Å²) in [6, 6.07) is 16.8. The highest BCUT2D eigenvalue weighted by Gasteiger charge is 2.25. The van der Waals surface area contributed by atoms with Crippen LogP contribution in [0, 0.1) is 0 Å². The fraction of sp³-hybridized carbons (Fsp3) is 0.192. The molecule has 5 rings (SSSR count). The molecular weight excluding hydrogens is 414 g/mol. The van der Waals surface area contributed by atoms with Crippen LogP contribution in [0.1, 0.15) is 39.6 Å². The van der Waals surface area contributed by atoms with Gasteiger partial charge in [-0.1, -0.05) is 25.1 Å². The molecule has 2 aromatic carbocycles. The van der Waals surface area contributed by atoms with Crippen LogP contribution >= 0.6 is 0 Å². The molecule has 33 heavy (non-hydrogen) atoms. The fourth-order valence-electron chi connectivity index (χ4n) is 3.95. The van der Waals surface area contributed by atoms with Crippen LogP contribution in [0.5, 0.6) is 0 Å². The minimum absolute atomic E-state index is 0.0772. The third-order valence-electron chi connectivity index (χ3n) is 5.85. The number of amides is 2. The molecule has 1 atom stereocenters. The molecule has 1 aromatic heterocycles. The van der Waals surface area contributed by atoms with Crippen molar-refractivity contribution in [1.82, 2.24) is 15.2 Å². The van der Waals surface area contributed by atoms with Crippen LogP contribution < -0.4 is 5.32 Å². The molecule has 3 heterocycles. The molecule has 0 aliphatic carbocycles. The van der Waals surface area contributed by atoms with Crippen LogP contribution in [0.3, 0.4) is 0 Å². The van der Waals surface area contributed by atoms with Crippen molar-refractivity contribution in [3.05, 3.63) is 89.3 Å². The number of allylic oxidation sites excluding steroid dienone is 1. The van der Waals surface area contributed by atoms with Gasteiger partial charge in [0.2, 0.25) is 6.29 Å². The first kappa shape index (κ1) is 20.8. The molecule has 0 radical (unpaired) electrons. The maximum atomic E-state index is 13.0. The summed E-state index contributed by atoms with van der Waals surface area (Å²) in [5.41, 5.74) is 4.85. The lowest BCUT2D eigenvalue weighted by Gasteiger charge is -2.27. The highest BCUT2D eigenvalue weighted by molar-refractivity contribution is 6.18. The number of aromatic nitrogens is 1. The van der Waals surface area contributed by atoms with Crippen LogP contribution in [0.4, 0.5) is 0 Å². The number of benzene rings is 2. The Kier molecular flexibility index (Phi) is 5.52. The summed E-state index contributed by atoms with van der Waals surface area (Å²) in [5.74, 6) is -0.290. The van der Waals surface area contributed by atoms with Crippen molar-refractivity contribution in [3.63, 3.8) is 0 Å². The summed E-state index contributed by atoms with van der Waals surface area (Å²) in [7, 11) is 0. The van der Waals surface area contributed by atoms with Gasteiger partial charge in [0.15, 0.2) is 0 Å². The van der Waals surface area contributed by atoms with Crippen LogP contribution in [0.25, 0.3) is 10.9 Å². The van der Waals surface area contributed by atoms with Crippen molar-refractivity contribution in [3.8, 4) is 0 Å². The molecule has 164 valence electrons. The monoisotopic (exact) mass is 437 g/mol. The Morgan fingerprint density at radius 1 is 1.09 bits per heavy atom. The highest BCUT2D eigenvalue weighted by atomic mass is 16.2. The Hall–Kier alpha value is -4.13. The number of carbonyl (C=O) groups excluding carboxylic acids is 2. The molecule has 3 aromatic rings. The first-order valence-electron chi connectivity index (χ1n) is 11.0. The molecule has 2 aliphatic heterocycles. The summed E-state index contributed by atoms with van der Waals surface area (Å²) in [6.45, 7) is 2.59. The van der Waals surface area contributed by atoms with E-state index < -0.39 is 6.29 Å². The number of carbonyl (C=O) groups is 2. The zero-order valence-electron chi connectivity index (χ0n) is 18.2. The fourth-order valence-corrected chi connectivity index (χ4v) is 3.95. The van der Waals surface area contributed by atoms with E-state index in [-0.39, 0.29) is 11.8 Å². The summed E-state index contributed by atoms with van der Waals surface area (Å²) in [4.78, 5) is 40.5. The number of nitrogens with zero attached hydrogens (tertiary/aromatic N) is 4. The summed E-state index contributed by atoms with van der Waals surface area (Å²) < 4.78 is 0.